The Morgan fingerprint density at radius 1 is 1.26 bits per heavy atom. The van der Waals surface area contributed by atoms with Gasteiger partial charge in [0.25, 0.3) is 5.91 Å². The lowest BCUT2D eigenvalue weighted by molar-refractivity contribution is -0.386. The molecule has 9 nitrogen and oxygen atoms in total. The van der Waals surface area contributed by atoms with Crippen molar-refractivity contribution in [3.63, 3.8) is 0 Å². The summed E-state index contributed by atoms with van der Waals surface area (Å²) in [5.74, 6) is -0.376. The smallest absolute Gasteiger partial charge is 0.312 e. The van der Waals surface area contributed by atoms with Crippen LogP contribution in [0.1, 0.15) is 27.4 Å². The largest absolute Gasteiger partial charge is 0.320 e. The van der Waals surface area contributed by atoms with E-state index in [1.807, 2.05) is 13.0 Å². The minimum atomic E-state index is -0.455. The third-order valence-electron chi connectivity index (χ3n) is 4.13. The third kappa shape index (κ3) is 3.82. The molecule has 27 heavy (non-hydrogen) atoms. The SMILES string of the molecule is Cc1ccc(Cl)cc1NC(=O)c1ccn(Cn2nc(C)c([N+](=O)[O-])c2C)n1. The number of nitro groups is 1. The molecule has 2 heterocycles. The van der Waals surface area contributed by atoms with E-state index in [0.717, 1.165) is 5.56 Å². The molecule has 0 bridgehead atoms. The molecule has 0 spiro atoms. The zero-order valence-electron chi connectivity index (χ0n) is 14.9. The van der Waals surface area contributed by atoms with Crippen molar-refractivity contribution in [3.8, 4) is 0 Å². The van der Waals surface area contributed by atoms with Gasteiger partial charge in [-0.25, -0.2) is 4.68 Å². The van der Waals surface area contributed by atoms with Gasteiger partial charge in [0, 0.05) is 16.9 Å². The third-order valence-corrected chi connectivity index (χ3v) is 4.36. The summed E-state index contributed by atoms with van der Waals surface area (Å²) in [7, 11) is 0. The summed E-state index contributed by atoms with van der Waals surface area (Å²) in [5, 5.41) is 22.8. The van der Waals surface area contributed by atoms with Crippen molar-refractivity contribution in [1.82, 2.24) is 19.6 Å². The molecule has 1 amide bonds. The average Bonchev–Trinajstić information content (AvgIpc) is 3.16. The van der Waals surface area contributed by atoms with Crippen LogP contribution in [0, 0.1) is 30.9 Å². The Labute approximate surface area is 159 Å². The summed E-state index contributed by atoms with van der Waals surface area (Å²) in [6, 6.07) is 6.79. The first-order valence-electron chi connectivity index (χ1n) is 8.05. The van der Waals surface area contributed by atoms with Gasteiger partial charge in [-0.05, 0) is 44.5 Å². The minimum absolute atomic E-state index is 0.0171. The van der Waals surface area contributed by atoms with E-state index in [9.17, 15) is 14.9 Å². The number of benzene rings is 1. The Bertz CT molecular complexity index is 1040. The van der Waals surface area contributed by atoms with E-state index in [2.05, 4.69) is 15.5 Å². The molecule has 0 saturated heterocycles. The highest BCUT2D eigenvalue weighted by Gasteiger charge is 2.22. The van der Waals surface area contributed by atoms with Gasteiger partial charge in [0.2, 0.25) is 0 Å². The number of hydrogen-bond acceptors (Lipinski definition) is 5. The van der Waals surface area contributed by atoms with Gasteiger partial charge in [-0.3, -0.25) is 19.6 Å². The standard InChI is InChI=1S/C17H17ClN6O3/c1-10-4-5-13(18)8-15(10)19-17(25)14-6-7-22(21-14)9-23-12(3)16(24(26)27)11(2)20-23/h4-8H,9H2,1-3H3,(H,19,25). The highest BCUT2D eigenvalue weighted by molar-refractivity contribution is 6.31. The van der Waals surface area contributed by atoms with Crippen molar-refractivity contribution < 1.29 is 9.72 Å². The molecule has 0 aliphatic rings. The molecule has 1 N–H and O–H groups in total. The molecule has 1 aromatic carbocycles. The zero-order valence-corrected chi connectivity index (χ0v) is 15.7. The van der Waals surface area contributed by atoms with E-state index < -0.39 is 4.92 Å². The first-order chi connectivity index (χ1) is 12.8. The number of aromatic nitrogens is 4. The summed E-state index contributed by atoms with van der Waals surface area (Å²) < 4.78 is 2.96. The monoisotopic (exact) mass is 388 g/mol. The normalized spacial score (nSPS) is 10.8. The molecule has 3 rings (SSSR count). The first-order valence-corrected chi connectivity index (χ1v) is 8.43. The Hall–Kier alpha value is -3.20. The molecule has 0 fully saturated rings. The van der Waals surface area contributed by atoms with Crippen LogP contribution in [0.4, 0.5) is 11.4 Å². The Balaban J connectivity index is 1.77. The number of carbonyl (C=O) groups is 1. The lowest BCUT2D eigenvalue weighted by Crippen LogP contribution is -2.16. The van der Waals surface area contributed by atoms with Crippen molar-refractivity contribution in [2.24, 2.45) is 0 Å². The topological polar surface area (TPSA) is 108 Å². The molecule has 140 valence electrons. The van der Waals surface area contributed by atoms with Crippen molar-refractivity contribution in [2.75, 3.05) is 5.32 Å². The van der Waals surface area contributed by atoms with Crippen LogP contribution < -0.4 is 5.32 Å². The van der Waals surface area contributed by atoms with E-state index in [4.69, 9.17) is 11.6 Å². The van der Waals surface area contributed by atoms with Crippen LogP contribution in [-0.2, 0) is 6.67 Å². The molecule has 0 saturated carbocycles. The van der Waals surface area contributed by atoms with Crippen LogP contribution in [0.25, 0.3) is 0 Å². The summed E-state index contributed by atoms with van der Waals surface area (Å²) >= 11 is 5.96. The fourth-order valence-electron chi connectivity index (χ4n) is 2.70. The molecular formula is C17H17ClN6O3. The molecule has 0 aliphatic heterocycles. The van der Waals surface area contributed by atoms with Crippen LogP contribution in [-0.4, -0.2) is 30.4 Å². The number of nitrogens with one attached hydrogen (secondary N) is 1. The predicted octanol–water partition coefficient (Wildman–Crippen LogP) is 3.32. The number of carbonyl (C=O) groups excluding carboxylic acids is 1. The second kappa shape index (κ2) is 7.20. The lowest BCUT2D eigenvalue weighted by atomic mass is 10.2. The number of halogens is 1. The highest BCUT2D eigenvalue weighted by atomic mass is 35.5. The summed E-state index contributed by atoms with van der Waals surface area (Å²) in [5.41, 5.74) is 2.44. The van der Waals surface area contributed by atoms with E-state index in [1.165, 1.54) is 9.36 Å². The van der Waals surface area contributed by atoms with Crippen LogP contribution >= 0.6 is 11.6 Å². The van der Waals surface area contributed by atoms with E-state index in [0.29, 0.717) is 22.1 Å². The molecule has 0 atom stereocenters. The van der Waals surface area contributed by atoms with Crippen LogP contribution in [0.3, 0.4) is 0 Å². The highest BCUT2D eigenvalue weighted by Crippen LogP contribution is 2.22. The van der Waals surface area contributed by atoms with Crippen molar-refractivity contribution in [2.45, 2.75) is 27.4 Å². The molecule has 0 aliphatic carbocycles. The fourth-order valence-corrected chi connectivity index (χ4v) is 2.88. The number of hydrogen-bond donors (Lipinski definition) is 1. The number of nitrogens with zero attached hydrogens (tertiary/aromatic N) is 5. The van der Waals surface area contributed by atoms with Crippen molar-refractivity contribution >= 4 is 28.9 Å². The molecule has 10 heteroatoms. The predicted molar refractivity (Wildman–Crippen MR) is 100 cm³/mol. The van der Waals surface area contributed by atoms with Crippen LogP contribution in [0.2, 0.25) is 5.02 Å². The fraction of sp³-hybridized carbons (Fsp3) is 0.235. The van der Waals surface area contributed by atoms with Gasteiger partial charge in [-0.1, -0.05) is 17.7 Å². The maximum atomic E-state index is 12.4. The molecule has 0 unspecified atom stereocenters. The number of aryl methyl sites for hydroxylation is 2. The second-order valence-electron chi connectivity index (χ2n) is 6.07. The first kappa shape index (κ1) is 18.6. The molecule has 3 aromatic rings. The molecule has 2 aromatic heterocycles. The second-order valence-corrected chi connectivity index (χ2v) is 6.51. The lowest BCUT2D eigenvalue weighted by Gasteiger charge is -2.07. The number of anilines is 1. The van der Waals surface area contributed by atoms with E-state index >= 15 is 0 Å². The maximum Gasteiger partial charge on any atom is 0.312 e. The zero-order chi connectivity index (χ0) is 19.7. The van der Waals surface area contributed by atoms with Gasteiger partial charge in [-0.15, -0.1) is 0 Å². The Kier molecular flexibility index (Phi) is 4.95. The molecular weight excluding hydrogens is 372 g/mol. The quantitative estimate of drug-likeness (QED) is 0.532. The van der Waals surface area contributed by atoms with Crippen molar-refractivity contribution in [3.05, 3.63) is 68.2 Å². The van der Waals surface area contributed by atoms with Crippen LogP contribution in [0.5, 0.6) is 0 Å². The van der Waals surface area contributed by atoms with Gasteiger partial charge in [0.1, 0.15) is 18.1 Å². The van der Waals surface area contributed by atoms with E-state index in [-0.39, 0.29) is 24.0 Å². The number of amides is 1. The molecule has 0 radical (unpaired) electrons. The Morgan fingerprint density at radius 3 is 2.67 bits per heavy atom. The van der Waals surface area contributed by atoms with Gasteiger partial charge < -0.3 is 5.32 Å². The van der Waals surface area contributed by atoms with Gasteiger partial charge in [0.15, 0.2) is 5.69 Å². The Morgan fingerprint density at radius 2 is 2.00 bits per heavy atom. The van der Waals surface area contributed by atoms with Gasteiger partial charge in [-0.2, -0.15) is 10.2 Å². The van der Waals surface area contributed by atoms with Gasteiger partial charge in [0.05, 0.1) is 4.92 Å². The van der Waals surface area contributed by atoms with E-state index in [1.54, 1.807) is 38.2 Å². The van der Waals surface area contributed by atoms with Gasteiger partial charge >= 0.3 is 5.69 Å². The van der Waals surface area contributed by atoms with Crippen LogP contribution in [0.15, 0.2) is 30.5 Å². The summed E-state index contributed by atoms with van der Waals surface area (Å²) in [6.07, 6.45) is 1.61. The number of rotatable bonds is 5. The minimum Gasteiger partial charge on any atom is -0.320 e. The average molecular weight is 389 g/mol. The summed E-state index contributed by atoms with van der Waals surface area (Å²) in [6.45, 7) is 5.22. The summed E-state index contributed by atoms with van der Waals surface area (Å²) in [4.78, 5) is 23.1. The van der Waals surface area contributed by atoms with Crippen molar-refractivity contribution in [1.29, 1.82) is 0 Å². The maximum absolute atomic E-state index is 12.4.